The van der Waals surface area contributed by atoms with Crippen molar-refractivity contribution in [1.29, 1.82) is 0 Å². The van der Waals surface area contributed by atoms with Crippen molar-refractivity contribution < 1.29 is 13.5 Å². The van der Waals surface area contributed by atoms with Crippen molar-refractivity contribution in [2.45, 2.75) is 55.3 Å². The fraction of sp³-hybridized carbons (Fsp3) is 0.667. The molecule has 0 aliphatic heterocycles. The third-order valence-corrected chi connectivity index (χ3v) is 6.59. The van der Waals surface area contributed by atoms with Gasteiger partial charge in [0.15, 0.2) is 9.84 Å². The van der Waals surface area contributed by atoms with Gasteiger partial charge in [0.25, 0.3) is 0 Å². The first-order valence-electron chi connectivity index (χ1n) is 7.28. The van der Waals surface area contributed by atoms with E-state index in [2.05, 4.69) is 4.98 Å². The van der Waals surface area contributed by atoms with Gasteiger partial charge in [-0.3, -0.25) is 4.98 Å². The molecule has 3 unspecified atom stereocenters. The van der Waals surface area contributed by atoms with Gasteiger partial charge in [-0.2, -0.15) is 0 Å². The number of nitrogens with zero attached hydrogens (tertiary/aromatic N) is 1. The minimum absolute atomic E-state index is 0.144. The van der Waals surface area contributed by atoms with Gasteiger partial charge in [-0.1, -0.05) is 6.07 Å². The monoisotopic (exact) mass is 295 g/mol. The molecule has 3 rings (SSSR count). The summed E-state index contributed by atoms with van der Waals surface area (Å²) in [6.45, 7) is 0. The van der Waals surface area contributed by atoms with Crippen molar-refractivity contribution in [3.63, 3.8) is 0 Å². The molecule has 5 heteroatoms. The number of rotatable bonds is 2. The predicted octanol–water partition coefficient (Wildman–Crippen LogP) is 1.83. The average molecular weight is 295 g/mol. The van der Waals surface area contributed by atoms with E-state index in [-0.39, 0.29) is 5.92 Å². The standard InChI is InChI=1S/C15H21NO3S/c1-20(18,19)13-8-3-9-15(13,17)12-7-2-5-11-6-4-10-16-14(11)12/h4,6,10,12-13,17H,2-3,5,7-9H2,1H3. The van der Waals surface area contributed by atoms with Gasteiger partial charge in [0, 0.05) is 24.1 Å². The summed E-state index contributed by atoms with van der Waals surface area (Å²) >= 11 is 0. The highest BCUT2D eigenvalue weighted by molar-refractivity contribution is 7.91. The van der Waals surface area contributed by atoms with Gasteiger partial charge >= 0.3 is 0 Å². The fourth-order valence-corrected chi connectivity index (χ4v) is 5.68. The Morgan fingerprint density at radius 2 is 2.15 bits per heavy atom. The molecule has 0 radical (unpaired) electrons. The van der Waals surface area contributed by atoms with Crippen molar-refractivity contribution in [3.8, 4) is 0 Å². The average Bonchev–Trinajstić information content (AvgIpc) is 2.81. The Kier molecular flexibility index (Phi) is 3.37. The van der Waals surface area contributed by atoms with Gasteiger partial charge in [0.1, 0.15) is 0 Å². The predicted molar refractivity (Wildman–Crippen MR) is 77.3 cm³/mol. The summed E-state index contributed by atoms with van der Waals surface area (Å²) in [4.78, 5) is 4.45. The molecule has 0 amide bonds. The van der Waals surface area contributed by atoms with Crippen LogP contribution in [-0.4, -0.2) is 35.6 Å². The third kappa shape index (κ3) is 2.17. The molecule has 0 saturated heterocycles. The van der Waals surface area contributed by atoms with Crippen molar-refractivity contribution in [2.24, 2.45) is 0 Å². The number of aryl methyl sites for hydroxylation is 1. The molecule has 1 aromatic heterocycles. The Labute approximate surface area is 120 Å². The van der Waals surface area contributed by atoms with Crippen LogP contribution in [0.25, 0.3) is 0 Å². The second-order valence-electron chi connectivity index (χ2n) is 6.19. The minimum atomic E-state index is -3.24. The maximum absolute atomic E-state index is 12.0. The van der Waals surface area contributed by atoms with E-state index in [0.29, 0.717) is 12.8 Å². The molecule has 1 heterocycles. The van der Waals surface area contributed by atoms with Crippen LogP contribution in [0.3, 0.4) is 0 Å². The first-order chi connectivity index (χ1) is 9.43. The molecule has 0 aromatic carbocycles. The molecule has 0 spiro atoms. The summed E-state index contributed by atoms with van der Waals surface area (Å²) in [7, 11) is -3.24. The summed E-state index contributed by atoms with van der Waals surface area (Å²) in [5, 5.41) is 10.5. The Morgan fingerprint density at radius 1 is 1.35 bits per heavy atom. The zero-order chi connectivity index (χ0) is 14.4. The molecule has 4 nitrogen and oxygen atoms in total. The van der Waals surface area contributed by atoms with Crippen molar-refractivity contribution in [2.75, 3.05) is 6.26 Å². The number of hydrogen-bond acceptors (Lipinski definition) is 4. The zero-order valence-electron chi connectivity index (χ0n) is 11.7. The van der Waals surface area contributed by atoms with E-state index in [1.54, 1.807) is 6.20 Å². The van der Waals surface area contributed by atoms with E-state index < -0.39 is 20.7 Å². The van der Waals surface area contributed by atoms with Gasteiger partial charge < -0.3 is 5.11 Å². The Morgan fingerprint density at radius 3 is 2.90 bits per heavy atom. The normalized spacial score (nSPS) is 33.9. The number of aliphatic hydroxyl groups is 1. The highest BCUT2D eigenvalue weighted by Gasteiger charge is 2.53. The Balaban J connectivity index is 2.05. The molecule has 1 aromatic rings. The number of hydrogen-bond donors (Lipinski definition) is 1. The highest BCUT2D eigenvalue weighted by Crippen LogP contribution is 2.48. The van der Waals surface area contributed by atoms with Gasteiger partial charge in [0.05, 0.1) is 10.9 Å². The molecule has 110 valence electrons. The second-order valence-corrected chi connectivity index (χ2v) is 8.42. The van der Waals surface area contributed by atoms with Crippen LogP contribution < -0.4 is 0 Å². The summed E-state index contributed by atoms with van der Waals surface area (Å²) in [5.41, 5.74) is 0.935. The molecule has 2 aliphatic rings. The van der Waals surface area contributed by atoms with E-state index >= 15 is 0 Å². The van der Waals surface area contributed by atoms with Crippen LogP contribution in [0.4, 0.5) is 0 Å². The fourth-order valence-electron chi connectivity index (χ4n) is 4.06. The number of aromatic nitrogens is 1. The largest absolute Gasteiger partial charge is 0.388 e. The van der Waals surface area contributed by atoms with Crippen LogP contribution in [0.15, 0.2) is 18.3 Å². The van der Waals surface area contributed by atoms with E-state index in [4.69, 9.17) is 0 Å². The zero-order valence-corrected chi connectivity index (χ0v) is 12.6. The molecule has 2 aliphatic carbocycles. The van der Waals surface area contributed by atoms with Gasteiger partial charge in [0.2, 0.25) is 0 Å². The molecule has 1 fully saturated rings. The second kappa shape index (κ2) is 4.81. The van der Waals surface area contributed by atoms with Crippen molar-refractivity contribution in [1.82, 2.24) is 4.98 Å². The maximum Gasteiger partial charge on any atom is 0.153 e. The summed E-state index contributed by atoms with van der Waals surface area (Å²) in [5.74, 6) is -0.144. The molecule has 20 heavy (non-hydrogen) atoms. The van der Waals surface area contributed by atoms with Crippen LogP contribution in [0.2, 0.25) is 0 Å². The van der Waals surface area contributed by atoms with Crippen molar-refractivity contribution in [3.05, 3.63) is 29.6 Å². The number of fused-ring (bicyclic) bond motifs is 1. The van der Waals surface area contributed by atoms with E-state index in [0.717, 1.165) is 36.9 Å². The molecule has 1 saturated carbocycles. The van der Waals surface area contributed by atoms with Crippen LogP contribution in [0.5, 0.6) is 0 Å². The summed E-state index contributed by atoms with van der Waals surface area (Å²) in [6.07, 6.45) is 7.67. The van der Waals surface area contributed by atoms with E-state index in [1.807, 2.05) is 12.1 Å². The Bertz CT molecular complexity index is 613. The lowest BCUT2D eigenvalue weighted by Crippen LogP contribution is -2.48. The maximum atomic E-state index is 12.0. The number of pyridine rings is 1. The lowest BCUT2D eigenvalue weighted by molar-refractivity contribution is 0.0146. The highest BCUT2D eigenvalue weighted by atomic mass is 32.2. The molecular formula is C15H21NO3S. The van der Waals surface area contributed by atoms with Crippen LogP contribution in [-0.2, 0) is 16.3 Å². The summed E-state index contributed by atoms with van der Waals surface area (Å²) < 4.78 is 24.0. The summed E-state index contributed by atoms with van der Waals surface area (Å²) in [6, 6.07) is 3.95. The smallest absolute Gasteiger partial charge is 0.153 e. The Hall–Kier alpha value is -0.940. The quantitative estimate of drug-likeness (QED) is 0.904. The lowest BCUT2D eigenvalue weighted by Gasteiger charge is -2.39. The minimum Gasteiger partial charge on any atom is -0.388 e. The van der Waals surface area contributed by atoms with E-state index in [1.165, 1.54) is 6.26 Å². The van der Waals surface area contributed by atoms with Crippen LogP contribution >= 0.6 is 0 Å². The van der Waals surface area contributed by atoms with Gasteiger partial charge in [-0.25, -0.2) is 8.42 Å². The first kappa shape index (κ1) is 14.0. The molecule has 0 bridgehead atoms. The third-order valence-electron chi connectivity index (χ3n) is 4.92. The number of sulfone groups is 1. The molecular weight excluding hydrogens is 274 g/mol. The van der Waals surface area contributed by atoms with E-state index in [9.17, 15) is 13.5 Å². The SMILES string of the molecule is CS(=O)(=O)C1CCCC1(O)C1CCCc2cccnc21. The van der Waals surface area contributed by atoms with Crippen LogP contribution in [0, 0.1) is 0 Å². The van der Waals surface area contributed by atoms with Gasteiger partial charge in [-0.05, 0) is 50.2 Å². The molecule has 1 N–H and O–H groups in total. The van der Waals surface area contributed by atoms with Crippen LogP contribution in [0.1, 0.15) is 49.3 Å². The van der Waals surface area contributed by atoms with Crippen molar-refractivity contribution >= 4 is 9.84 Å². The lowest BCUT2D eigenvalue weighted by atomic mass is 9.74. The molecule has 3 atom stereocenters. The van der Waals surface area contributed by atoms with Gasteiger partial charge in [-0.15, -0.1) is 0 Å². The first-order valence-corrected chi connectivity index (χ1v) is 9.23. The topological polar surface area (TPSA) is 67.3 Å².